The molecule has 1 fully saturated rings. The van der Waals surface area contributed by atoms with E-state index >= 15 is 0 Å². The van der Waals surface area contributed by atoms with E-state index in [0.717, 1.165) is 61.1 Å². The molecule has 1 N–H and O–H groups in total. The Kier molecular flexibility index (Phi) is 10.0. The molecule has 0 spiro atoms. The van der Waals surface area contributed by atoms with E-state index in [-0.39, 0.29) is 35.9 Å². The average molecular weight is 542 g/mol. The van der Waals surface area contributed by atoms with Crippen molar-refractivity contribution in [3.8, 4) is 10.6 Å². The second kappa shape index (κ2) is 12.2. The third kappa shape index (κ3) is 6.66. The lowest BCUT2D eigenvalue weighted by Crippen LogP contribution is -2.46. The summed E-state index contributed by atoms with van der Waals surface area (Å²) in [6.07, 6.45) is 2.43. The minimum Gasteiger partial charge on any atom is -0.469 e. The molecule has 1 saturated heterocycles. The van der Waals surface area contributed by atoms with Crippen molar-refractivity contribution in [2.75, 3.05) is 33.3 Å². The molecule has 0 bridgehead atoms. The first-order valence-electron chi connectivity index (χ1n) is 10.2. The molecule has 1 aromatic heterocycles. The molecule has 1 aliphatic rings. The van der Waals surface area contributed by atoms with Crippen molar-refractivity contribution in [2.45, 2.75) is 33.1 Å². The average Bonchev–Trinajstić information content (AvgIpc) is 3.22. The largest absolute Gasteiger partial charge is 0.469 e. The third-order valence-electron chi connectivity index (χ3n) is 5.14. The highest BCUT2D eigenvalue weighted by molar-refractivity contribution is 14.0. The Bertz CT molecular complexity index is 830. The van der Waals surface area contributed by atoms with E-state index in [1.165, 1.54) is 12.7 Å². The number of carbonyl (C=O) groups excluding carboxylic acids is 1. The number of likely N-dealkylation sites (tertiary alicyclic amines) is 1. The first kappa shape index (κ1) is 24.6. The number of carbonyl (C=O) groups is 1. The number of halogens is 1. The van der Waals surface area contributed by atoms with Crippen LogP contribution in [0.2, 0.25) is 0 Å². The predicted octanol–water partition coefficient (Wildman–Crippen LogP) is 4.13. The molecule has 0 radical (unpaired) electrons. The van der Waals surface area contributed by atoms with Gasteiger partial charge in [-0.1, -0.05) is 29.8 Å². The monoisotopic (exact) mass is 542 g/mol. The molecular formula is C22H31IN4O2S. The zero-order valence-electron chi connectivity index (χ0n) is 17.9. The Labute approximate surface area is 200 Å². The summed E-state index contributed by atoms with van der Waals surface area (Å²) >= 11 is 1.68. The topological polar surface area (TPSA) is 66.8 Å². The van der Waals surface area contributed by atoms with Crippen LogP contribution < -0.4 is 5.32 Å². The number of aromatic nitrogens is 1. The van der Waals surface area contributed by atoms with Crippen molar-refractivity contribution in [1.82, 2.24) is 15.2 Å². The Morgan fingerprint density at radius 2 is 2.00 bits per heavy atom. The molecule has 2 aromatic rings. The smallest absolute Gasteiger partial charge is 0.308 e. The lowest BCUT2D eigenvalue weighted by molar-refractivity contribution is -0.146. The lowest BCUT2D eigenvalue weighted by atomic mass is 9.97. The van der Waals surface area contributed by atoms with Crippen molar-refractivity contribution >= 4 is 47.2 Å². The van der Waals surface area contributed by atoms with Crippen LogP contribution in [0.4, 0.5) is 0 Å². The number of hydrogen-bond donors (Lipinski definition) is 1. The zero-order valence-corrected chi connectivity index (χ0v) is 21.0. The second-order valence-corrected chi connectivity index (χ2v) is 8.14. The summed E-state index contributed by atoms with van der Waals surface area (Å²) in [5, 5.41) is 6.56. The van der Waals surface area contributed by atoms with Crippen molar-refractivity contribution in [2.24, 2.45) is 10.9 Å². The first-order valence-corrected chi connectivity index (χ1v) is 11.1. The number of nitrogens with one attached hydrogen (secondary N) is 1. The number of benzene rings is 1. The van der Waals surface area contributed by atoms with Gasteiger partial charge in [0.25, 0.3) is 0 Å². The molecule has 1 aromatic carbocycles. The fourth-order valence-corrected chi connectivity index (χ4v) is 4.31. The van der Waals surface area contributed by atoms with Crippen molar-refractivity contribution in [3.05, 3.63) is 40.9 Å². The van der Waals surface area contributed by atoms with Gasteiger partial charge in [-0.25, -0.2) is 4.98 Å². The number of thiazole rings is 1. The van der Waals surface area contributed by atoms with Crippen LogP contribution in [-0.2, 0) is 16.0 Å². The normalized spacial score (nSPS) is 14.9. The molecule has 30 heavy (non-hydrogen) atoms. The summed E-state index contributed by atoms with van der Waals surface area (Å²) in [5.74, 6) is 0.832. The molecule has 3 rings (SSSR count). The summed E-state index contributed by atoms with van der Waals surface area (Å²) in [5.41, 5.74) is 3.50. The highest BCUT2D eigenvalue weighted by atomic mass is 127. The van der Waals surface area contributed by atoms with Gasteiger partial charge in [0, 0.05) is 43.5 Å². The standard InChI is InChI=1S/C22H30N4O2S.HI/c1-4-23-22(26-13-10-18(11-14-26)21(27)28-3)24-12-9-19-15-29-20(25-19)17-7-5-16(2)6-8-17;/h5-8,15,18H,4,9-14H2,1-3H3,(H,23,24);1H. The highest BCUT2D eigenvalue weighted by Gasteiger charge is 2.26. The first-order chi connectivity index (χ1) is 14.1. The van der Waals surface area contributed by atoms with Crippen LogP contribution in [0.25, 0.3) is 10.6 Å². The van der Waals surface area contributed by atoms with Gasteiger partial charge in [-0.2, -0.15) is 0 Å². The number of aryl methyl sites for hydroxylation is 1. The number of nitrogens with zero attached hydrogens (tertiary/aromatic N) is 3. The van der Waals surface area contributed by atoms with Crippen LogP contribution in [0, 0.1) is 12.8 Å². The maximum absolute atomic E-state index is 11.7. The van der Waals surface area contributed by atoms with E-state index in [2.05, 4.69) is 53.7 Å². The number of aliphatic imine (C=N–C) groups is 1. The van der Waals surface area contributed by atoms with Gasteiger partial charge in [0.05, 0.1) is 18.7 Å². The number of ether oxygens (including phenoxy) is 1. The fourth-order valence-electron chi connectivity index (χ4n) is 3.45. The molecule has 1 aliphatic heterocycles. The summed E-state index contributed by atoms with van der Waals surface area (Å²) in [4.78, 5) is 23.5. The number of methoxy groups -OCH3 is 1. The van der Waals surface area contributed by atoms with E-state index in [1.54, 1.807) is 11.3 Å². The Morgan fingerprint density at radius 3 is 2.63 bits per heavy atom. The number of rotatable bonds is 6. The van der Waals surface area contributed by atoms with E-state index in [4.69, 9.17) is 14.7 Å². The molecule has 8 heteroatoms. The van der Waals surface area contributed by atoms with Crippen LogP contribution in [-0.4, -0.2) is 55.1 Å². The Balaban J connectivity index is 0.00000320. The molecule has 2 heterocycles. The summed E-state index contributed by atoms with van der Waals surface area (Å²) in [6.45, 7) is 7.32. The maximum atomic E-state index is 11.7. The molecule has 0 atom stereocenters. The van der Waals surface area contributed by atoms with E-state index in [9.17, 15) is 4.79 Å². The van der Waals surface area contributed by atoms with Crippen LogP contribution in [0.15, 0.2) is 34.6 Å². The summed E-state index contributed by atoms with van der Waals surface area (Å²) in [7, 11) is 1.46. The van der Waals surface area contributed by atoms with Gasteiger partial charge in [0.2, 0.25) is 0 Å². The SMILES string of the molecule is CCNC(=NCCc1csc(-c2ccc(C)cc2)n1)N1CCC(C(=O)OC)CC1.I. The predicted molar refractivity (Wildman–Crippen MR) is 134 cm³/mol. The van der Waals surface area contributed by atoms with Gasteiger partial charge in [-0.05, 0) is 26.7 Å². The van der Waals surface area contributed by atoms with E-state index in [0.29, 0.717) is 6.54 Å². The third-order valence-corrected chi connectivity index (χ3v) is 6.08. The number of hydrogen-bond acceptors (Lipinski definition) is 5. The van der Waals surface area contributed by atoms with Crippen molar-refractivity contribution < 1.29 is 9.53 Å². The fraction of sp³-hybridized carbons (Fsp3) is 0.500. The second-order valence-electron chi connectivity index (χ2n) is 7.28. The maximum Gasteiger partial charge on any atom is 0.308 e. The van der Waals surface area contributed by atoms with Crippen LogP contribution in [0.1, 0.15) is 31.0 Å². The van der Waals surface area contributed by atoms with Gasteiger partial charge in [0.15, 0.2) is 5.96 Å². The van der Waals surface area contributed by atoms with Gasteiger partial charge in [0.1, 0.15) is 5.01 Å². The number of guanidine groups is 1. The van der Waals surface area contributed by atoms with Crippen molar-refractivity contribution in [1.29, 1.82) is 0 Å². The molecular weight excluding hydrogens is 511 g/mol. The molecule has 0 unspecified atom stereocenters. The highest BCUT2D eigenvalue weighted by Crippen LogP contribution is 2.24. The van der Waals surface area contributed by atoms with E-state index < -0.39 is 0 Å². The lowest BCUT2D eigenvalue weighted by Gasteiger charge is -2.33. The number of esters is 1. The molecule has 0 saturated carbocycles. The molecule has 0 aliphatic carbocycles. The van der Waals surface area contributed by atoms with Crippen LogP contribution in [0.3, 0.4) is 0 Å². The summed E-state index contributed by atoms with van der Waals surface area (Å²) < 4.78 is 4.88. The molecule has 0 amide bonds. The minimum absolute atomic E-state index is 0. The van der Waals surface area contributed by atoms with Crippen LogP contribution >= 0.6 is 35.3 Å². The Morgan fingerprint density at radius 1 is 1.30 bits per heavy atom. The number of piperidine rings is 1. The van der Waals surface area contributed by atoms with Crippen LogP contribution in [0.5, 0.6) is 0 Å². The minimum atomic E-state index is -0.0977. The Hall–Kier alpha value is -1.68. The van der Waals surface area contributed by atoms with Gasteiger partial charge >= 0.3 is 5.97 Å². The zero-order chi connectivity index (χ0) is 20.6. The van der Waals surface area contributed by atoms with E-state index in [1.807, 2.05) is 0 Å². The van der Waals surface area contributed by atoms with Gasteiger partial charge < -0.3 is 15.0 Å². The van der Waals surface area contributed by atoms with Crippen molar-refractivity contribution in [3.63, 3.8) is 0 Å². The van der Waals surface area contributed by atoms with Gasteiger partial charge in [-0.3, -0.25) is 9.79 Å². The summed E-state index contributed by atoms with van der Waals surface area (Å²) in [6, 6.07) is 8.48. The van der Waals surface area contributed by atoms with Gasteiger partial charge in [-0.15, -0.1) is 35.3 Å². The molecule has 6 nitrogen and oxygen atoms in total. The quantitative estimate of drug-likeness (QED) is 0.258. The molecule has 164 valence electrons.